The summed E-state index contributed by atoms with van der Waals surface area (Å²) < 4.78 is 5.35. The summed E-state index contributed by atoms with van der Waals surface area (Å²) in [6, 6.07) is 14.1. The zero-order chi connectivity index (χ0) is 19.1. The van der Waals surface area contributed by atoms with Crippen molar-refractivity contribution in [1.29, 1.82) is 0 Å². The van der Waals surface area contributed by atoms with E-state index in [4.69, 9.17) is 4.74 Å². The molecule has 1 aliphatic rings. The highest BCUT2D eigenvalue weighted by atomic mass is 16.6. The maximum atomic E-state index is 12.3. The van der Waals surface area contributed by atoms with Crippen LogP contribution in [0.1, 0.15) is 28.9 Å². The molecule has 2 amide bonds. The van der Waals surface area contributed by atoms with Crippen molar-refractivity contribution in [3.63, 3.8) is 0 Å². The molecule has 7 nitrogen and oxygen atoms in total. The van der Waals surface area contributed by atoms with Gasteiger partial charge in [0.15, 0.2) is 0 Å². The van der Waals surface area contributed by atoms with Gasteiger partial charge in [-0.05, 0) is 30.5 Å². The summed E-state index contributed by atoms with van der Waals surface area (Å²) >= 11 is 0. The lowest BCUT2D eigenvalue weighted by atomic mass is 10.1. The molecule has 1 saturated heterocycles. The van der Waals surface area contributed by atoms with Gasteiger partial charge < -0.3 is 20.1 Å². The van der Waals surface area contributed by atoms with E-state index in [9.17, 15) is 14.7 Å². The first kappa shape index (κ1) is 18.8. The fourth-order valence-corrected chi connectivity index (χ4v) is 2.99. The molecule has 142 valence electrons. The average Bonchev–Trinajstić information content (AvgIpc) is 2.89. The van der Waals surface area contributed by atoms with E-state index in [1.807, 2.05) is 30.3 Å². The zero-order valence-electron chi connectivity index (χ0n) is 15.0. The first-order valence-electron chi connectivity index (χ1n) is 8.99. The lowest BCUT2D eigenvalue weighted by Crippen LogP contribution is -2.43. The Hall–Kier alpha value is -2.93. The first-order chi connectivity index (χ1) is 13.1. The minimum absolute atomic E-state index is 0.207. The number of nitrogens with zero attached hydrogens (tertiary/aromatic N) is 2. The second kappa shape index (κ2) is 9.14. The van der Waals surface area contributed by atoms with Crippen molar-refractivity contribution in [3.05, 3.63) is 66.0 Å². The van der Waals surface area contributed by atoms with Gasteiger partial charge in [0.1, 0.15) is 12.3 Å². The fourth-order valence-electron chi connectivity index (χ4n) is 2.99. The van der Waals surface area contributed by atoms with Crippen molar-refractivity contribution >= 4 is 12.0 Å². The number of rotatable bonds is 4. The summed E-state index contributed by atoms with van der Waals surface area (Å²) in [4.78, 5) is 30.1. The highest BCUT2D eigenvalue weighted by Gasteiger charge is 2.29. The molecule has 2 heterocycles. The fraction of sp³-hybridized carbons (Fsp3) is 0.350. The predicted octanol–water partition coefficient (Wildman–Crippen LogP) is 1.97. The third-order valence-electron chi connectivity index (χ3n) is 4.55. The van der Waals surface area contributed by atoms with Gasteiger partial charge in [-0.25, -0.2) is 4.79 Å². The van der Waals surface area contributed by atoms with E-state index in [0.717, 1.165) is 5.56 Å². The quantitative estimate of drug-likeness (QED) is 0.860. The van der Waals surface area contributed by atoms with Crippen molar-refractivity contribution in [1.82, 2.24) is 15.2 Å². The smallest absolute Gasteiger partial charge is 0.410 e. The molecule has 2 atom stereocenters. The Morgan fingerprint density at radius 2 is 1.85 bits per heavy atom. The van der Waals surface area contributed by atoms with E-state index in [2.05, 4.69) is 10.3 Å². The number of carbonyl (C=O) groups is 2. The van der Waals surface area contributed by atoms with Crippen LogP contribution < -0.4 is 5.32 Å². The number of ether oxygens (including phenoxy) is 1. The van der Waals surface area contributed by atoms with Crippen LogP contribution in [0.25, 0.3) is 0 Å². The average molecular weight is 369 g/mol. The first-order valence-corrected chi connectivity index (χ1v) is 8.99. The Bertz CT molecular complexity index is 754. The number of aromatic nitrogens is 1. The second-order valence-electron chi connectivity index (χ2n) is 6.47. The van der Waals surface area contributed by atoms with Crippen LogP contribution >= 0.6 is 0 Å². The molecule has 0 saturated carbocycles. The highest BCUT2D eigenvalue weighted by molar-refractivity contribution is 5.92. The molecule has 2 unspecified atom stereocenters. The van der Waals surface area contributed by atoms with Crippen LogP contribution in [0, 0.1) is 0 Å². The molecule has 2 N–H and O–H groups in total. The molecule has 2 aromatic rings. The van der Waals surface area contributed by atoms with E-state index < -0.39 is 18.2 Å². The van der Waals surface area contributed by atoms with Gasteiger partial charge in [0, 0.05) is 19.3 Å². The van der Waals surface area contributed by atoms with Crippen LogP contribution in [-0.4, -0.2) is 52.2 Å². The number of nitrogens with one attached hydrogen (secondary N) is 1. The van der Waals surface area contributed by atoms with E-state index in [-0.39, 0.29) is 12.5 Å². The van der Waals surface area contributed by atoms with Gasteiger partial charge in [-0.2, -0.15) is 0 Å². The van der Waals surface area contributed by atoms with Crippen molar-refractivity contribution in [3.8, 4) is 0 Å². The summed E-state index contributed by atoms with van der Waals surface area (Å²) in [7, 11) is 0. The summed E-state index contributed by atoms with van der Waals surface area (Å²) in [6.07, 6.45) is 1.21. The lowest BCUT2D eigenvalue weighted by molar-refractivity contribution is 0.0816. The standard InChI is InChI=1S/C20H23N3O4/c24-18-10-13-23(20(26)27-14-15-6-2-1-3-7-15)12-9-16(18)22-19(25)17-8-4-5-11-21-17/h1-8,11,16,18,24H,9-10,12-14H2,(H,22,25). The number of hydrogen-bond donors (Lipinski definition) is 2. The third kappa shape index (κ3) is 5.27. The molecule has 1 aliphatic heterocycles. The summed E-state index contributed by atoms with van der Waals surface area (Å²) in [5.74, 6) is -0.334. The van der Waals surface area contributed by atoms with E-state index in [1.165, 1.54) is 0 Å². The van der Waals surface area contributed by atoms with Gasteiger partial charge >= 0.3 is 6.09 Å². The summed E-state index contributed by atoms with van der Waals surface area (Å²) in [6.45, 7) is 0.987. The Balaban J connectivity index is 1.52. The largest absolute Gasteiger partial charge is 0.445 e. The molecule has 0 aliphatic carbocycles. The van der Waals surface area contributed by atoms with Crippen molar-refractivity contribution < 1.29 is 19.4 Å². The molecule has 27 heavy (non-hydrogen) atoms. The monoisotopic (exact) mass is 369 g/mol. The Labute approximate surface area is 158 Å². The van der Waals surface area contributed by atoms with Crippen LogP contribution in [0.15, 0.2) is 54.7 Å². The third-order valence-corrected chi connectivity index (χ3v) is 4.55. The molecule has 0 spiro atoms. The number of likely N-dealkylation sites (tertiary alicyclic amines) is 1. The molecule has 7 heteroatoms. The number of pyridine rings is 1. The molecule has 1 fully saturated rings. The van der Waals surface area contributed by atoms with E-state index in [0.29, 0.717) is 31.6 Å². The predicted molar refractivity (Wildman–Crippen MR) is 98.9 cm³/mol. The van der Waals surface area contributed by atoms with Crippen LogP contribution in [0.4, 0.5) is 4.79 Å². The number of aliphatic hydroxyl groups excluding tert-OH is 1. The topological polar surface area (TPSA) is 91.8 Å². The van der Waals surface area contributed by atoms with E-state index in [1.54, 1.807) is 29.3 Å². The number of aliphatic hydroxyl groups is 1. The highest BCUT2D eigenvalue weighted by Crippen LogP contribution is 2.14. The number of benzene rings is 1. The maximum Gasteiger partial charge on any atom is 0.410 e. The van der Waals surface area contributed by atoms with Gasteiger partial charge in [-0.3, -0.25) is 9.78 Å². The Kier molecular flexibility index (Phi) is 6.38. The number of amides is 2. The van der Waals surface area contributed by atoms with Gasteiger partial charge in [-0.15, -0.1) is 0 Å². The Morgan fingerprint density at radius 3 is 2.59 bits per heavy atom. The minimum atomic E-state index is -0.732. The number of hydrogen-bond acceptors (Lipinski definition) is 5. The van der Waals surface area contributed by atoms with Crippen molar-refractivity contribution in [2.75, 3.05) is 13.1 Å². The molecule has 3 rings (SSSR count). The zero-order valence-corrected chi connectivity index (χ0v) is 15.0. The van der Waals surface area contributed by atoms with Gasteiger partial charge in [0.25, 0.3) is 5.91 Å². The lowest BCUT2D eigenvalue weighted by Gasteiger charge is -2.21. The summed E-state index contributed by atoms with van der Waals surface area (Å²) in [5.41, 5.74) is 1.22. The van der Waals surface area contributed by atoms with Crippen LogP contribution in [-0.2, 0) is 11.3 Å². The van der Waals surface area contributed by atoms with Crippen molar-refractivity contribution in [2.24, 2.45) is 0 Å². The summed E-state index contributed by atoms with van der Waals surface area (Å²) in [5, 5.41) is 13.2. The van der Waals surface area contributed by atoms with Gasteiger partial charge in [0.05, 0.1) is 12.1 Å². The second-order valence-corrected chi connectivity index (χ2v) is 6.47. The van der Waals surface area contributed by atoms with Crippen molar-refractivity contribution in [2.45, 2.75) is 31.6 Å². The molecule has 0 radical (unpaired) electrons. The number of carbonyl (C=O) groups excluding carboxylic acids is 2. The van der Waals surface area contributed by atoms with Crippen LogP contribution in [0.5, 0.6) is 0 Å². The molecular weight excluding hydrogens is 346 g/mol. The van der Waals surface area contributed by atoms with Crippen LogP contribution in [0.2, 0.25) is 0 Å². The normalized spacial score (nSPS) is 19.8. The molecule has 0 bridgehead atoms. The van der Waals surface area contributed by atoms with E-state index >= 15 is 0 Å². The minimum Gasteiger partial charge on any atom is -0.445 e. The van der Waals surface area contributed by atoms with Gasteiger partial charge in [-0.1, -0.05) is 36.4 Å². The SMILES string of the molecule is O=C(NC1CCN(C(=O)OCc2ccccc2)CCC1O)c1ccccn1. The maximum absolute atomic E-state index is 12.3. The van der Waals surface area contributed by atoms with Gasteiger partial charge in [0.2, 0.25) is 0 Å². The Morgan fingerprint density at radius 1 is 1.11 bits per heavy atom. The molecule has 1 aromatic carbocycles. The molecule has 1 aromatic heterocycles. The molecular formula is C20H23N3O4. The van der Waals surface area contributed by atoms with Crippen LogP contribution in [0.3, 0.4) is 0 Å².